The van der Waals surface area contributed by atoms with Crippen LogP contribution in [0.1, 0.15) is 24.0 Å². The molecule has 2 aromatic carbocycles. The third kappa shape index (κ3) is 5.14. The fourth-order valence-electron chi connectivity index (χ4n) is 3.30. The van der Waals surface area contributed by atoms with Crippen molar-refractivity contribution in [3.8, 4) is 0 Å². The zero-order valence-electron chi connectivity index (χ0n) is 15.2. The number of sulfone groups is 1. The van der Waals surface area contributed by atoms with E-state index < -0.39 is 9.84 Å². The van der Waals surface area contributed by atoms with Gasteiger partial charge >= 0.3 is 0 Å². The predicted molar refractivity (Wildman–Crippen MR) is 101 cm³/mol. The van der Waals surface area contributed by atoms with Crippen LogP contribution in [-0.2, 0) is 27.7 Å². The molecule has 1 amide bonds. The van der Waals surface area contributed by atoms with Gasteiger partial charge in [0.25, 0.3) is 0 Å². The second-order valence-corrected chi connectivity index (χ2v) is 8.90. The Kier molecular flexibility index (Phi) is 5.92. The van der Waals surface area contributed by atoms with E-state index in [0.717, 1.165) is 30.5 Å². The molecule has 0 spiro atoms. The second-order valence-electron chi connectivity index (χ2n) is 6.89. The topological polar surface area (TPSA) is 66.5 Å². The summed E-state index contributed by atoms with van der Waals surface area (Å²) in [7, 11) is -3.22. The van der Waals surface area contributed by atoms with Gasteiger partial charge in [-0.2, -0.15) is 0 Å². The zero-order valence-corrected chi connectivity index (χ0v) is 16.0. The molecule has 1 saturated heterocycles. The van der Waals surface area contributed by atoms with Crippen LogP contribution in [-0.4, -0.2) is 38.1 Å². The molecule has 0 aromatic heterocycles. The summed E-state index contributed by atoms with van der Waals surface area (Å²) in [6, 6.07) is 12.7. The molecule has 27 heavy (non-hydrogen) atoms. The molecule has 1 aliphatic heterocycles. The normalized spacial score (nSPS) is 17.8. The number of hydrogen-bond acceptors (Lipinski definition) is 4. The van der Waals surface area contributed by atoms with Crippen LogP contribution < -0.4 is 5.32 Å². The van der Waals surface area contributed by atoms with Gasteiger partial charge in [0.05, 0.1) is 10.9 Å². The molecule has 144 valence electrons. The Morgan fingerprint density at radius 1 is 1.11 bits per heavy atom. The Balaban J connectivity index is 1.57. The molecule has 7 heteroatoms. The van der Waals surface area contributed by atoms with Crippen molar-refractivity contribution in [1.29, 1.82) is 0 Å². The standard InChI is InChI=1S/C20H23FN2O3S/c1-27(25,26)18-10-6-15(7-11-18)13-22-20(24)19-3-2-12-23(19)14-16-4-8-17(21)9-5-16/h4-11,19H,2-3,12-14H2,1H3,(H,22,24). The number of nitrogens with zero attached hydrogens (tertiary/aromatic N) is 1. The zero-order chi connectivity index (χ0) is 19.4. The number of halogens is 1. The number of benzene rings is 2. The molecule has 5 nitrogen and oxygen atoms in total. The Labute approximate surface area is 159 Å². The van der Waals surface area contributed by atoms with E-state index in [0.29, 0.717) is 13.1 Å². The molecule has 1 aliphatic rings. The first-order valence-corrected chi connectivity index (χ1v) is 10.8. The minimum atomic E-state index is -3.22. The molecule has 0 bridgehead atoms. The lowest BCUT2D eigenvalue weighted by atomic mass is 10.1. The van der Waals surface area contributed by atoms with Gasteiger partial charge in [0.15, 0.2) is 9.84 Å². The van der Waals surface area contributed by atoms with E-state index in [2.05, 4.69) is 10.2 Å². The summed E-state index contributed by atoms with van der Waals surface area (Å²) in [5, 5.41) is 2.93. The Bertz CT molecular complexity index is 896. The highest BCUT2D eigenvalue weighted by molar-refractivity contribution is 7.90. The molecule has 1 atom stereocenters. The summed E-state index contributed by atoms with van der Waals surface area (Å²) in [5.74, 6) is -0.307. The summed E-state index contributed by atoms with van der Waals surface area (Å²) in [5.41, 5.74) is 1.83. The first kappa shape index (κ1) is 19.5. The molecule has 1 unspecified atom stereocenters. The maximum absolute atomic E-state index is 13.0. The fraction of sp³-hybridized carbons (Fsp3) is 0.350. The molecule has 2 aromatic rings. The number of rotatable bonds is 6. The lowest BCUT2D eigenvalue weighted by Gasteiger charge is -2.23. The number of hydrogen-bond donors (Lipinski definition) is 1. The molecular weight excluding hydrogens is 367 g/mol. The number of likely N-dealkylation sites (tertiary alicyclic amines) is 1. The van der Waals surface area contributed by atoms with Crippen LogP contribution in [0.4, 0.5) is 4.39 Å². The van der Waals surface area contributed by atoms with E-state index >= 15 is 0 Å². The van der Waals surface area contributed by atoms with Crippen LogP contribution in [0.5, 0.6) is 0 Å². The molecule has 3 rings (SSSR count). The number of amides is 1. The van der Waals surface area contributed by atoms with Gasteiger partial charge in [0, 0.05) is 19.3 Å². The Hall–Kier alpha value is -2.25. The van der Waals surface area contributed by atoms with Crippen molar-refractivity contribution in [2.24, 2.45) is 0 Å². The van der Waals surface area contributed by atoms with Gasteiger partial charge in [-0.15, -0.1) is 0 Å². The van der Waals surface area contributed by atoms with Crippen molar-refractivity contribution in [3.63, 3.8) is 0 Å². The monoisotopic (exact) mass is 390 g/mol. The van der Waals surface area contributed by atoms with Crippen LogP contribution in [0, 0.1) is 5.82 Å². The van der Waals surface area contributed by atoms with Crippen molar-refractivity contribution in [2.75, 3.05) is 12.8 Å². The molecule has 1 N–H and O–H groups in total. The molecule has 1 heterocycles. The first-order chi connectivity index (χ1) is 12.8. The molecule has 0 saturated carbocycles. The average Bonchev–Trinajstić information content (AvgIpc) is 3.09. The molecule has 1 fully saturated rings. The number of carbonyl (C=O) groups is 1. The Morgan fingerprint density at radius 2 is 1.74 bits per heavy atom. The average molecular weight is 390 g/mol. The molecule has 0 aliphatic carbocycles. The second kappa shape index (κ2) is 8.19. The van der Waals surface area contributed by atoms with E-state index in [1.165, 1.54) is 18.4 Å². The smallest absolute Gasteiger partial charge is 0.237 e. The number of carbonyl (C=O) groups excluding carboxylic acids is 1. The Morgan fingerprint density at radius 3 is 2.37 bits per heavy atom. The minimum absolute atomic E-state index is 0.0400. The summed E-state index contributed by atoms with van der Waals surface area (Å²) < 4.78 is 36.0. The van der Waals surface area contributed by atoms with E-state index in [1.807, 2.05) is 0 Å². The lowest BCUT2D eigenvalue weighted by molar-refractivity contribution is -0.125. The quantitative estimate of drug-likeness (QED) is 0.823. The summed E-state index contributed by atoms with van der Waals surface area (Å²) in [4.78, 5) is 15.0. The van der Waals surface area contributed by atoms with Crippen LogP contribution in [0.2, 0.25) is 0 Å². The van der Waals surface area contributed by atoms with Gasteiger partial charge in [-0.3, -0.25) is 9.69 Å². The van der Waals surface area contributed by atoms with E-state index in [1.54, 1.807) is 36.4 Å². The van der Waals surface area contributed by atoms with Crippen molar-refractivity contribution in [2.45, 2.75) is 36.9 Å². The van der Waals surface area contributed by atoms with Crippen LogP contribution in [0.25, 0.3) is 0 Å². The lowest BCUT2D eigenvalue weighted by Crippen LogP contribution is -2.42. The van der Waals surface area contributed by atoms with Crippen molar-refractivity contribution in [1.82, 2.24) is 10.2 Å². The third-order valence-electron chi connectivity index (χ3n) is 4.78. The molecule has 0 radical (unpaired) electrons. The van der Waals surface area contributed by atoms with E-state index in [9.17, 15) is 17.6 Å². The van der Waals surface area contributed by atoms with Gasteiger partial charge in [-0.05, 0) is 54.8 Å². The SMILES string of the molecule is CS(=O)(=O)c1ccc(CNC(=O)C2CCCN2Cc2ccc(F)cc2)cc1. The molecular formula is C20H23FN2O3S. The van der Waals surface area contributed by atoms with E-state index in [4.69, 9.17) is 0 Å². The van der Waals surface area contributed by atoms with Crippen molar-refractivity contribution in [3.05, 3.63) is 65.5 Å². The summed E-state index contributed by atoms with van der Waals surface area (Å²) in [6.07, 6.45) is 2.90. The summed E-state index contributed by atoms with van der Waals surface area (Å²) >= 11 is 0. The first-order valence-electron chi connectivity index (χ1n) is 8.88. The van der Waals surface area contributed by atoms with Gasteiger partial charge in [0.2, 0.25) is 5.91 Å². The van der Waals surface area contributed by atoms with Crippen molar-refractivity contribution >= 4 is 15.7 Å². The fourth-order valence-corrected chi connectivity index (χ4v) is 3.93. The van der Waals surface area contributed by atoms with Crippen LogP contribution in [0.15, 0.2) is 53.4 Å². The maximum atomic E-state index is 13.0. The van der Waals surface area contributed by atoms with Crippen molar-refractivity contribution < 1.29 is 17.6 Å². The van der Waals surface area contributed by atoms with Crippen LogP contribution in [0.3, 0.4) is 0 Å². The van der Waals surface area contributed by atoms with Gasteiger partial charge in [0.1, 0.15) is 5.82 Å². The number of nitrogens with one attached hydrogen (secondary N) is 1. The van der Waals surface area contributed by atoms with Gasteiger partial charge in [-0.25, -0.2) is 12.8 Å². The highest BCUT2D eigenvalue weighted by Gasteiger charge is 2.30. The predicted octanol–water partition coefficient (Wildman–Crippen LogP) is 2.51. The van der Waals surface area contributed by atoms with Gasteiger partial charge in [-0.1, -0.05) is 24.3 Å². The third-order valence-corrected chi connectivity index (χ3v) is 5.91. The van der Waals surface area contributed by atoms with E-state index in [-0.39, 0.29) is 22.7 Å². The largest absolute Gasteiger partial charge is 0.351 e. The highest BCUT2D eigenvalue weighted by atomic mass is 32.2. The minimum Gasteiger partial charge on any atom is -0.351 e. The van der Waals surface area contributed by atoms with Gasteiger partial charge < -0.3 is 5.32 Å². The van der Waals surface area contributed by atoms with Crippen LogP contribution >= 0.6 is 0 Å². The highest BCUT2D eigenvalue weighted by Crippen LogP contribution is 2.20. The summed E-state index contributed by atoms with van der Waals surface area (Å²) in [6.45, 7) is 1.80. The maximum Gasteiger partial charge on any atom is 0.237 e.